The molecule has 1 aromatic heterocycles. The molecule has 0 aliphatic carbocycles. The Kier molecular flexibility index (Phi) is 6.07. The van der Waals surface area contributed by atoms with Crippen molar-refractivity contribution in [2.24, 2.45) is 0 Å². The Hall–Kier alpha value is -2.60. The highest BCUT2D eigenvalue weighted by molar-refractivity contribution is 5.75. The highest BCUT2D eigenvalue weighted by Crippen LogP contribution is 2.24. The van der Waals surface area contributed by atoms with Gasteiger partial charge in [-0.05, 0) is 55.4 Å². The molecule has 1 aliphatic rings. The van der Waals surface area contributed by atoms with Gasteiger partial charge in [-0.2, -0.15) is 0 Å². The summed E-state index contributed by atoms with van der Waals surface area (Å²) in [5.41, 5.74) is 2.02. The molecule has 1 unspecified atom stereocenters. The van der Waals surface area contributed by atoms with E-state index in [1.165, 1.54) is 0 Å². The summed E-state index contributed by atoms with van der Waals surface area (Å²) in [6.45, 7) is 3.45. The highest BCUT2D eigenvalue weighted by atomic mass is 16.5. The number of urea groups is 1. The van der Waals surface area contributed by atoms with Crippen LogP contribution in [0.15, 0.2) is 48.8 Å². The van der Waals surface area contributed by atoms with Crippen LogP contribution in [0.25, 0.3) is 0 Å². The standard InChI is InChI=1S/C20H26N4O2/c1-23-12-3-13-24(15-14-23)20(25)22-19(17-8-10-21-11-9-17)16-4-6-18(26-2)7-5-16/h4-11,19H,3,12-15H2,1-2H3,(H,22,25). The van der Waals surface area contributed by atoms with Crippen LogP contribution in [0, 0.1) is 0 Å². The van der Waals surface area contributed by atoms with Gasteiger partial charge in [0.15, 0.2) is 0 Å². The molecule has 6 nitrogen and oxygen atoms in total. The second-order valence-corrected chi connectivity index (χ2v) is 6.58. The van der Waals surface area contributed by atoms with E-state index >= 15 is 0 Å². The number of carbonyl (C=O) groups is 1. The molecule has 1 atom stereocenters. The maximum Gasteiger partial charge on any atom is 0.318 e. The molecule has 3 rings (SSSR count). The molecule has 2 heterocycles. The molecule has 26 heavy (non-hydrogen) atoms. The van der Waals surface area contributed by atoms with Crippen LogP contribution in [0.4, 0.5) is 4.79 Å². The van der Waals surface area contributed by atoms with E-state index < -0.39 is 0 Å². The van der Waals surface area contributed by atoms with Crippen LogP contribution in [0.1, 0.15) is 23.6 Å². The fraction of sp³-hybridized carbons (Fsp3) is 0.400. The number of benzene rings is 1. The Morgan fingerprint density at radius 1 is 1.04 bits per heavy atom. The number of hydrogen-bond donors (Lipinski definition) is 1. The molecule has 1 N–H and O–H groups in total. The molecule has 138 valence electrons. The van der Waals surface area contributed by atoms with Gasteiger partial charge in [-0.25, -0.2) is 4.79 Å². The Morgan fingerprint density at radius 3 is 2.42 bits per heavy atom. The van der Waals surface area contributed by atoms with Crippen LogP contribution in [-0.2, 0) is 0 Å². The lowest BCUT2D eigenvalue weighted by molar-refractivity contribution is 0.197. The average Bonchev–Trinajstić information content (AvgIpc) is 2.91. The Morgan fingerprint density at radius 2 is 1.73 bits per heavy atom. The van der Waals surface area contributed by atoms with E-state index in [0.717, 1.165) is 49.5 Å². The zero-order valence-corrected chi connectivity index (χ0v) is 15.4. The average molecular weight is 354 g/mol. The van der Waals surface area contributed by atoms with Crippen molar-refractivity contribution in [1.82, 2.24) is 20.1 Å². The molecule has 2 aromatic rings. The molecule has 1 aliphatic heterocycles. The van der Waals surface area contributed by atoms with E-state index in [4.69, 9.17) is 4.74 Å². The van der Waals surface area contributed by atoms with Gasteiger partial charge in [-0.15, -0.1) is 0 Å². The predicted octanol–water partition coefficient (Wildman–Crippen LogP) is 2.53. The largest absolute Gasteiger partial charge is 0.497 e. The number of methoxy groups -OCH3 is 1. The number of aromatic nitrogens is 1. The molecule has 0 spiro atoms. The number of amides is 2. The van der Waals surface area contributed by atoms with Gasteiger partial charge in [-0.1, -0.05) is 12.1 Å². The first-order valence-corrected chi connectivity index (χ1v) is 8.95. The molecule has 0 radical (unpaired) electrons. The van der Waals surface area contributed by atoms with Crippen LogP contribution in [0.5, 0.6) is 5.75 Å². The SMILES string of the molecule is COc1ccc(C(NC(=O)N2CCCN(C)CC2)c2ccncc2)cc1. The molecule has 1 fully saturated rings. The smallest absolute Gasteiger partial charge is 0.318 e. The van der Waals surface area contributed by atoms with E-state index in [1.54, 1.807) is 19.5 Å². The van der Waals surface area contributed by atoms with Crippen molar-refractivity contribution in [2.75, 3.05) is 40.3 Å². The molecule has 1 aromatic carbocycles. The predicted molar refractivity (Wildman–Crippen MR) is 101 cm³/mol. The Bertz CT molecular complexity index is 706. The van der Waals surface area contributed by atoms with E-state index in [9.17, 15) is 4.79 Å². The lowest BCUT2D eigenvalue weighted by atomic mass is 9.99. The summed E-state index contributed by atoms with van der Waals surface area (Å²) in [4.78, 5) is 21.1. The van der Waals surface area contributed by atoms with Crippen LogP contribution < -0.4 is 10.1 Å². The molecule has 6 heteroatoms. The monoisotopic (exact) mass is 354 g/mol. The van der Waals surface area contributed by atoms with Gasteiger partial charge in [0.1, 0.15) is 5.75 Å². The molecular weight excluding hydrogens is 328 g/mol. The molecule has 2 amide bonds. The van der Waals surface area contributed by atoms with Crippen molar-refractivity contribution in [3.63, 3.8) is 0 Å². The number of carbonyl (C=O) groups excluding carboxylic acids is 1. The lowest BCUT2D eigenvalue weighted by Crippen LogP contribution is -2.43. The second kappa shape index (κ2) is 8.67. The topological polar surface area (TPSA) is 57.7 Å². The minimum Gasteiger partial charge on any atom is -0.497 e. The normalized spacial score (nSPS) is 16.6. The van der Waals surface area contributed by atoms with E-state index in [0.29, 0.717) is 0 Å². The lowest BCUT2D eigenvalue weighted by Gasteiger charge is -2.26. The quantitative estimate of drug-likeness (QED) is 0.917. The number of nitrogens with zero attached hydrogens (tertiary/aromatic N) is 3. The van der Waals surface area contributed by atoms with Crippen molar-refractivity contribution < 1.29 is 9.53 Å². The first kappa shape index (κ1) is 18.2. The fourth-order valence-electron chi connectivity index (χ4n) is 3.18. The highest BCUT2D eigenvalue weighted by Gasteiger charge is 2.22. The van der Waals surface area contributed by atoms with Crippen LogP contribution in [-0.4, -0.2) is 61.2 Å². The first-order chi connectivity index (χ1) is 12.7. The number of nitrogens with one attached hydrogen (secondary N) is 1. The number of ether oxygens (including phenoxy) is 1. The summed E-state index contributed by atoms with van der Waals surface area (Å²) in [6.07, 6.45) is 4.49. The number of likely N-dealkylation sites (N-methyl/N-ethyl adjacent to an activating group) is 1. The van der Waals surface area contributed by atoms with Crippen molar-refractivity contribution in [1.29, 1.82) is 0 Å². The number of pyridine rings is 1. The Labute approximate surface area is 154 Å². The number of rotatable bonds is 4. The van der Waals surface area contributed by atoms with Crippen LogP contribution >= 0.6 is 0 Å². The van der Waals surface area contributed by atoms with Gasteiger partial charge in [0.05, 0.1) is 13.2 Å². The van der Waals surface area contributed by atoms with Crippen LogP contribution in [0.2, 0.25) is 0 Å². The van der Waals surface area contributed by atoms with Gasteiger partial charge in [0.2, 0.25) is 0 Å². The maximum atomic E-state index is 12.9. The van der Waals surface area contributed by atoms with Gasteiger partial charge < -0.3 is 19.9 Å². The van der Waals surface area contributed by atoms with E-state index in [1.807, 2.05) is 41.3 Å². The third-order valence-corrected chi connectivity index (χ3v) is 4.76. The zero-order valence-electron chi connectivity index (χ0n) is 15.4. The summed E-state index contributed by atoms with van der Waals surface area (Å²) in [7, 11) is 3.74. The summed E-state index contributed by atoms with van der Waals surface area (Å²) in [6, 6.07) is 11.4. The maximum absolute atomic E-state index is 12.9. The van der Waals surface area contributed by atoms with E-state index in [-0.39, 0.29) is 12.1 Å². The van der Waals surface area contributed by atoms with Gasteiger partial charge in [-0.3, -0.25) is 4.98 Å². The molecular formula is C20H26N4O2. The summed E-state index contributed by atoms with van der Waals surface area (Å²) in [5, 5.41) is 3.20. The summed E-state index contributed by atoms with van der Waals surface area (Å²) < 4.78 is 5.24. The molecule has 0 bridgehead atoms. The van der Waals surface area contributed by atoms with Crippen molar-refractivity contribution in [3.05, 3.63) is 59.9 Å². The van der Waals surface area contributed by atoms with E-state index in [2.05, 4.69) is 22.2 Å². The molecule has 0 saturated carbocycles. The minimum atomic E-state index is -0.225. The van der Waals surface area contributed by atoms with Crippen molar-refractivity contribution in [3.8, 4) is 5.75 Å². The number of hydrogen-bond acceptors (Lipinski definition) is 4. The minimum absolute atomic E-state index is 0.0297. The third-order valence-electron chi connectivity index (χ3n) is 4.76. The Balaban J connectivity index is 1.80. The van der Waals surface area contributed by atoms with Crippen molar-refractivity contribution in [2.45, 2.75) is 12.5 Å². The van der Waals surface area contributed by atoms with Gasteiger partial charge in [0.25, 0.3) is 0 Å². The first-order valence-electron chi connectivity index (χ1n) is 8.95. The summed E-state index contributed by atoms with van der Waals surface area (Å²) in [5.74, 6) is 0.795. The van der Waals surface area contributed by atoms with Gasteiger partial charge in [0, 0.05) is 32.0 Å². The second-order valence-electron chi connectivity index (χ2n) is 6.58. The third kappa shape index (κ3) is 4.52. The zero-order chi connectivity index (χ0) is 18.4. The fourth-order valence-corrected chi connectivity index (χ4v) is 3.18. The van der Waals surface area contributed by atoms with Crippen LogP contribution in [0.3, 0.4) is 0 Å². The van der Waals surface area contributed by atoms with Gasteiger partial charge >= 0.3 is 6.03 Å². The molecule has 1 saturated heterocycles. The summed E-state index contributed by atoms with van der Waals surface area (Å²) >= 11 is 0. The van der Waals surface area contributed by atoms with Crippen molar-refractivity contribution >= 4 is 6.03 Å².